The zero-order valence-electron chi connectivity index (χ0n) is 11.2. The molecule has 1 unspecified atom stereocenters. The number of aromatic amines is 1. The molecule has 1 amide bonds. The van der Waals surface area contributed by atoms with Gasteiger partial charge in [-0.2, -0.15) is 5.10 Å². The lowest BCUT2D eigenvalue weighted by Gasteiger charge is -2.23. The summed E-state index contributed by atoms with van der Waals surface area (Å²) >= 11 is 0. The van der Waals surface area contributed by atoms with E-state index in [4.69, 9.17) is 4.74 Å². The second kappa shape index (κ2) is 5.32. The number of hydrogen-bond donors (Lipinski definition) is 2. The molecule has 104 valence electrons. The van der Waals surface area contributed by atoms with Crippen LogP contribution in [-0.2, 0) is 6.42 Å². The largest absolute Gasteiger partial charge is 0.480 e. The summed E-state index contributed by atoms with van der Waals surface area (Å²) in [7, 11) is 1.51. The highest BCUT2D eigenvalue weighted by Gasteiger charge is 2.25. The van der Waals surface area contributed by atoms with Crippen molar-refractivity contribution >= 4 is 5.91 Å². The maximum Gasteiger partial charge on any atom is 0.257 e. The number of carbonyl (C=O) groups is 1. The number of methoxy groups -OCH3 is 1. The Morgan fingerprint density at radius 2 is 2.45 bits per heavy atom. The number of rotatable bonds is 3. The number of nitrogens with one attached hydrogen (secondary N) is 2. The standard InChI is InChI=1S/C14H16N4O2/c1-20-14-10(5-3-7-15-14)13(19)17-11-6-2-4-9-8-16-18-12(9)11/h3,5,7-8,11H,2,4,6H2,1H3,(H,16,18)(H,17,19). The van der Waals surface area contributed by atoms with Gasteiger partial charge < -0.3 is 10.1 Å². The first-order valence-corrected chi connectivity index (χ1v) is 6.61. The number of nitrogens with zero attached hydrogens (tertiary/aromatic N) is 2. The fourth-order valence-electron chi connectivity index (χ4n) is 2.57. The number of fused-ring (bicyclic) bond motifs is 1. The van der Waals surface area contributed by atoms with Gasteiger partial charge in [-0.1, -0.05) is 0 Å². The normalized spacial score (nSPS) is 17.4. The number of ether oxygens (including phenoxy) is 1. The lowest BCUT2D eigenvalue weighted by Crippen LogP contribution is -2.31. The van der Waals surface area contributed by atoms with E-state index in [-0.39, 0.29) is 11.9 Å². The Labute approximate surface area is 116 Å². The molecule has 6 nitrogen and oxygen atoms in total. The molecule has 6 heteroatoms. The molecule has 0 saturated carbocycles. The fourth-order valence-corrected chi connectivity index (χ4v) is 2.57. The van der Waals surface area contributed by atoms with Crippen molar-refractivity contribution in [3.63, 3.8) is 0 Å². The molecule has 20 heavy (non-hydrogen) atoms. The van der Waals surface area contributed by atoms with Crippen LogP contribution in [0.25, 0.3) is 0 Å². The van der Waals surface area contributed by atoms with E-state index in [0.717, 1.165) is 25.0 Å². The molecule has 3 rings (SSSR count). The molecule has 0 aromatic carbocycles. The summed E-state index contributed by atoms with van der Waals surface area (Å²) in [6, 6.07) is 3.40. The van der Waals surface area contributed by atoms with Crippen molar-refractivity contribution in [3.8, 4) is 5.88 Å². The quantitative estimate of drug-likeness (QED) is 0.889. The topological polar surface area (TPSA) is 79.9 Å². The number of pyridine rings is 1. The van der Waals surface area contributed by atoms with Crippen LogP contribution in [0.4, 0.5) is 0 Å². The zero-order valence-corrected chi connectivity index (χ0v) is 11.2. The second-order valence-corrected chi connectivity index (χ2v) is 4.79. The van der Waals surface area contributed by atoms with Crippen molar-refractivity contribution in [1.82, 2.24) is 20.5 Å². The van der Waals surface area contributed by atoms with E-state index < -0.39 is 0 Å². The summed E-state index contributed by atoms with van der Waals surface area (Å²) in [5.74, 6) is 0.160. The summed E-state index contributed by atoms with van der Waals surface area (Å²) < 4.78 is 5.12. The average molecular weight is 272 g/mol. The molecule has 2 aromatic heterocycles. The Morgan fingerprint density at radius 3 is 3.30 bits per heavy atom. The molecular formula is C14H16N4O2. The SMILES string of the molecule is COc1ncccc1C(=O)NC1CCCc2cn[nH]c21. The van der Waals surface area contributed by atoms with Crippen LogP contribution in [0.5, 0.6) is 5.88 Å². The monoisotopic (exact) mass is 272 g/mol. The lowest BCUT2D eigenvalue weighted by atomic mass is 9.93. The lowest BCUT2D eigenvalue weighted by molar-refractivity contribution is 0.0928. The van der Waals surface area contributed by atoms with Gasteiger partial charge >= 0.3 is 0 Å². The maximum atomic E-state index is 12.4. The first-order valence-electron chi connectivity index (χ1n) is 6.61. The molecule has 2 aromatic rings. The Morgan fingerprint density at radius 1 is 1.55 bits per heavy atom. The molecule has 0 saturated heterocycles. The zero-order chi connectivity index (χ0) is 13.9. The van der Waals surface area contributed by atoms with Crippen LogP contribution in [0, 0.1) is 0 Å². The van der Waals surface area contributed by atoms with Crippen LogP contribution in [-0.4, -0.2) is 28.2 Å². The number of carbonyl (C=O) groups excluding carboxylic acids is 1. The molecule has 0 bridgehead atoms. The smallest absolute Gasteiger partial charge is 0.257 e. The number of aromatic nitrogens is 3. The number of hydrogen-bond acceptors (Lipinski definition) is 4. The van der Waals surface area contributed by atoms with Crippen LogP contribution in [0.15, 0.2) is 24.5 Å². The third kappa shape index (κ3) is 2.24. The van der Waals surface area contributed by atoms with Crippen molar-refractivity contribution in [2.75, 3.05) is 7.11 Å². The van der Waals surface area contributed by atoms with Gasteiger partial charge in [-0.3, -0.25) is 9.89 Å². The van der Waals surface area contributed by atoms with Crippen molar-refractivity contribution in [2.45, 2.75) is 25.3 Å². The minimum absolute atomic E-state index is 0.0290. The predicted molar refractivity (Wildman–Crippen MR) is 72.5 cm³/mol. The predicted octanol–water partition coefficient (Wildman–Crippen LogP) is 1.62. The summed E-state index contributed by atoms with van der Waals surface area (Å²) in [5, 5.41) is 10.1. The van der Waals surface area contributed by atoms with Crippen molar-refractivity contribution in [2.24, 2.45) is 0 Å². The van der Waals surface area contributed by atoms with Gasteiger partial charge in [0.25, 0.3) is 5.91 Å². The first kappa shape index (κ1) is 12.7. The van der Waals surface area contributed by atoms with Gasteiger partial charge in [0.15, 0.2) is 0 Å². The summed E-state index contributed by atoms with van der Waals surface area (Å²) in [4.78, 5) is 16.4. The van der Waals surface area contributed by atoms with Gasteiger partial charge in [-0.15, -0.1) is 0 Å². The van der Waals surface area contributed by atoms with Crippen LogP contribution in [0.2, 0.25) is 0 Å². The number of H-pyrrole nitrogens is 1. The molecule has 1 aliphatic rings. The van der Waals surface area contributed by atoms with E-state index in [1.54, 1.807) is 18.3 Å². The summed E-state index contributed by atoms with van der Waals surface area (Å²) in [5.41, 5.74) is 2.63. The first-order chi connectivity index (χ1) is 9.79. The Hall–Kier alpha value is -2.37. The molecule has 0 aliphatic heterocycles. The molecule has 1 atom stereocenters. The van der Waals surface area contributed by atoms with Crippen molar-refractivity contribution < 1.29 is 9.53 Å². The van der Waals surface area contributed by atoms with Crippen molar-refractivity contribution in [1.29, 1.82) is 0 Å². The van der Waals surface area contributed by atoms with Crippen LogP contribution in [0.3, 0.4) is 0 Å². The molecule has 0 fully saturated rings. The highest BCUT2D eigenvalue weighted by atomic mass is 16.5. The molecule has 1 aliphatic carbocycles. The third-order valence-corrected chi connectivity index (χ3v) is 3.55. The fraction of sp³-hybridized carbons (Fsp3) is 0.357. The highest BCUT2D eigenvalue weighted by molar-refractivity contribution is 5.96. The number of amides is 1. The highest BCUT2D eigenvalue weighted by Crippen LogP contribution is 2.28. The van der Waals surface area contributed by atoms with E-state index in [1.165, 1.54) is 12.7 Å². The van der Waals surface area contributed by atoms with Crippen molar-refractivity contribution in [3.05, 3.63) is 41.3 Å². The minimum Gasteiger partial charge on any atom is -0.480 e. The molecule has 2 heterocycles. The molecule has 0 spiro atoms. The Kier molecular flexibility index (Phi) is 3.37. The van der Waals surface area contributed by atoms with Gasteiger partial charge in [0.2, 0.25) is 5.88 Å². The summed E-state index contributed by atoms with van der Waals surface area (Å²) in [6.45, 7) is 0. The van der Waals surface area contributed by atoms with Gasteiger partial charge in [0, 0.05) is 6.20 Å². The van der Waals surface area contributed by atoms with E-state index in [1.807, 2.05) is 6.20 Å². The van der Waals surface area contributed by atoms with Crippen LogP contribution >= 0.6 is 0 Å². The number of aryl methyl sites for hydroxylation is 1. The Bertz CT molecular complexity index is 623. The minimum atomic E-state index is -0.178. The van der Waals surface area contributed by atoms with E-state index in [9.17, 15) is 4.79 Å². The van der Waals surface area contributed by atoms with Gasteiger partial charge in [0.05, 0.1) is 25.0 Å². The maximum absolute atomic E-state index is 12.4. The third-order valence-electron chi connectivity index (χ3n) is 3.55. The van der Waals surface area contributed by atoms with Gasteiger partial charge in [-0.25, -0.2) is 4.98 Å². The van der Waals surface area contributed by atoms with Gasteiger partial charge in [0.1, 0.15) is 5.56 Å². The van der Waals surface area contributed by atoms with E-state index >= 15 is 0 Å². The average Bonchev–Trinajstić information content (AvgIpc) is 2.96. The molecule has 2 N–H and O–H groups in total. The molecule has 0 radical (unpaired) electrons. The van der Waals surface area contributed by atoms with Gasteiger partial charge in [-0.05, 0) is 37.0 Å². The summed E-state index contributed by atoms with van der Waals surface area (Å²) in [6.07, 6.45) is 6.39. The van der Waals surface area contributed by atoms with E-state index in [0.29, 0.717) is 11.4 Å². The van der Waals surface area contributed by atoms with E-state index in [2.05, 4.69) is 20.5 Å². The van der Waals surface area contributed by atoms with Crippen LogP contribution in [0.1, 0.15) is 40.5 Å². The molecular weight excluding hydrogens is 256 g/mol. The second-order valence-electron chi connectivity index (χ2n) is 4.79. The Balaban J connectivity index is 1.81. The van der Waals surface area contributed by atoms with Crippen LogP contribution < -0.4 is 10.1 Å².